The summed E-state index contributed by atoms with van der Waals surface area (Å²) in [7, 11) is 0. The number of nitrogens with one attached hydrogen (secondary N) is 1. The maximum Gasteiger partial charge on any atom is 0.305 e. The molecule has 7 atom stereocenters. The van der Waals surface area contributed by atoms with E-state index in [-0.39, 0.29) is 18.5 Å². The second kappa shape index (κ2) is 59.6. The Balaban J connectivity index is 1.92. The highest BCUT2D eigenvalue weighted by Crippen LogP contribution is 2.23. The molecule has 0 aliphatic carbocycles. The van der Waals surface area contributed by atoms with E-state index in [2.05, 4.69) is 43.5 Å². The van der Waals surface area contributed by atoms with Gasteiger partial charge in [-0.25, -0.2) is 0 Å². The number of amides is 1. The van der Waals surface area contributed by atoms with Gasteiger partial charge < -0.3 is 45.1 Å². The zero-order chi connectivity index (χ0) is 58.7. The van der Waals surface area contributed by atoms with E-state index in [1.54, 1.807) is 6.08 Å². The molecule has 81 heavy (non-hydrogen) atoms. The Kier molecular flexibility index (Phi) is 56.6. The lowest BCUT2D eigenvalue weighted by Gasteiger charge is -2.40. The SMILES string of the molecule is CCCCC/C=C/CC/C=C/C(O)C(COC1OC(CO)C(O)C(O)C1O)NC(=O)CCCCCCCCCCCCCCCCCC/C=C\CCCCCCCCCCCCCCOC(=O)CCCCCCCCCCCCCC. The molecule has 0 saturated carbocycles. The molecule has 0 aromatic heterocycles. The van der Waals surface area contributed by atoms with Crippen molar-refractivity contribution in [2.45, 2.75) is 378 Å². The molecule has 11 heteroatoms. The molecule has 1 aliphatic heterocycles. The van der Waals surface area contributed by atoms with Crippen LogP contribution in [0, 0.1) is 0 Å². The fraction of sp³-hybridized carbons (Fsp3) is 0.886. The monoisotopic (exact) mass is 1150 g/mol. The van der Waals surface area contributed by atoms with Crippen LogP contribution in [0.15, 0.2) is 36.5 Å². The van der Waals surface area contributed by atoms with E-state index in [4.69, 9.17) is 14.2 Å². The van der Waals surface area contributed by atoms with Gasteiger partial charge in [-0.15, -0.1) is 0 Å². The topological polar surface area (TPSA) is 175 Å². The minimum Gasteiger partial charge on any atom is -0.466 e. The summed E-state index contributed by atoms with van der Waals surface area (Å²) in [5, 5.41) is 54.2. The Bertz CT molecular complexity index is 1440. The third-order valence-electron chi connectivity index (χ3n) is 16.5. The summed E-state index contributed by atoms with van der Waals surface area (Å²) in [4.78, 5) is 25.0. The fourth-order valence-corrected chi connectivity index (χ4v) is 11.0. The number of esters is 1. The molecule has 1 saturated heterocycles. The molecule has 0 spiro atoms. The van der Waals surface area contributed by atoms with Gasteiger partial charge in [-0.2, -0.15) is 0 Å². The molecule has 0 bridgehead atoms. The molecule has 1 aliphatic rings. The summed E-state index contributed by atoms with van der Waals surface area (Å²) in [6.07, 6.45) is 65.9. The average Bonchev–Trinajstić information content (AvgIpc) is 3.47. The molecule has 1 heterocycles. The van der Waals surface area contributed by atoms with Crippen LogP contribution < -0.4 is 5.32 Å². The molecule has 6 N–H and O–H groups in total. The van der Waals surface area contributed by atoms with Crippen molar-refractivity contribution >= 4 is 11.9 Å². The molecule has 0 aromatic carbocycles. The van der Waals surface area contributed by atoms with Crippen molar-refractivity contribution in [3.8, 4) is 0 Å². The van der Waals surface area contributed by atoms with Gasteiger partial charge in [0.1, 0.15) is 24.4 Å². The van der Waals surface area contributed by atoms with E-state index >= 15 is 0 Å². The second-order valence-electron chi connectivity index (χ2n) is 24.2. The lowest BCUT2D eigenvalue weighted by molar-refractivity contribution is -0.302. The quantitative estimate of drug-likeness (QED) is 0.0195. The van der Waals surface area contributed by atoms with Crippen molar-refractivity contribution in [1.82, 2.24) is 5.32 Å². The molecule has 0 aromatic rings. The lowest BCUT2D eigenvalue weighted by atomic mass is 9.99. The van der Waals surface area contributed by atoms with Gasteiger partial charge >= 0.3 is 5.97 Å². The standard InChI is InChI=1S/C70H131NO10/c1-3-5-7-9-11-13-14-38-42-46-50-54-58-66(75)79-59-55-51-47-43-39-36-34-32-30-28-26-24-22-20-18-16-15-17-19-21-23-25-27-29-31-33-35-37-41-45-49-53-57-65(74)71-62(63(73)56-52-48-44-40-12-10-8-6-4-2)61-80-70-69(78)68(77)67(76)64(60-72)81-70/h12,18,20,40,52,56,62-64,67-70,72-73,76-78H,3-11,13-17,19,21-39,41-51,53-55,57-61H2,1-2H3,(H,71,74)/b20-18-,40-12+,56-52+. The third-order valence-corrected chi connectivity index (χ3v) is 16.5. The predicted octanol–water partition coefficient (Wildman–Crippen LogP) is 17.4. The number of carbonyl (C=O) groups excluding carboxylic acids is 2. The highest BCUT2D eigenvalue weighted by atomic mass is 16.7. The molecule has 7 unspecified atom stereocenters. The minimum atomic E-state index is -1.57. The number of hydrogen-bond acceptors (Lipinski definition) is 10. The number of aliphatic hydroxyl groups is 5. The highest BCUT2D eigenvalue weighted by molar-refractivity contribution is 5.76. The Morgan fingerprint density at radius 2 is 0.802 bits per heavy atom. The summed E-state index contributed by atoms with van der Waals surface area (Å²) in [6, 6.07) is -0.824. The van der Waals surface area contributed by atoms with E-state index in [0.29, 0.717) is 19.4 Å². The zero-order valence-corrected chi connectivity index (χ0v) is 52.8. The molecule has 0 radical (unpaired) electrons. The Hall–Kier alpha value is -2.12. The van der Waals surface area contributed by atoms with Crippen molar-refractivity contribution in [3.05, 3.63) is 36.5 Å². The van der Waals surface area contributed by atoms with Crippen LogP contribution in [0.25, 0.3) is 0 Å². The Labute approximate surface area is 498 Å². The molecule has 476 valence electrons. The van der Waals surface area contributed by atoms with Crippen LogP contribution in [0.1, 0.15) is 335 Å². The molecule has 11 nitrogen and oxygen atoms in total. The van der Waals surface area contributed by atoms with E-state index in [0.717, 1.165) is 51.4 Å². The van der Waals surface area contributed by atoms with Crippen molar-refractivity contribution in [1.29, 1.82) is 0 Å². The van der Waals surface area contributed by atoms with Gasteiger partial charge in [-0.3, -0.25) is 9.59 Å². The predicted molar refractivity (Wildman–Crippen MR) is 338 cm³/mol. The maximum atomic E-state index is 13.0. The molecule has 1 amide bonds. The van der Waals surface area contributed by atoms with Crippen molar-refractivity contribution in [2.24, 2.45) is 0 Å². The Morgan fingerprint density at radius 1 is 0.444 bits per heavy atom. The highest BCUT2D eigenvalue weighted by Gasteiger charge is 2.44. The van der Waals surface area contributed by atoms with Crippen molar-refractivity contribution < 1.29 is 49.3 Å². The van der Waals surface area contributed by atoms with Crippen LogP contribution >= 0.6 is 0 Å². The molecular formula is C70H131NO10. The number of unbranched alkanes of at least 4 members (excludes halogenated alkanes) is 43. The smallest absolute Gasteiger partial charge is 0.305 e. The number of ether oxygens (including phenoxy) is 3. The third kappa shape index (κ3) is 48.8. The second-order valence-corrected chi connectivity index (χ2v) is 24.2. The maximum absolute atomic E-state index is 13.0. The number of allylic oxidation sites excluding steroid dienone is 5. The largest absolute Gasteiger partial charge is 0.466 e. The summed E-state index contributed by atoms with van der Waals surface area (Å²) in [5.74, 6) is -0.180. The summed E-state index contributed by atoms with van der Waals surface area (Å²) in [6.45, 7) is 4.30. The fourth-order valence-electron chi connectivity index (χ4n) is 11.0. The van der Waals surface area contributed by atoms with Crippen LogP contribution in [-0.2, 0) is 23.8 Å². The summed E-state index contributed by atoms with van der Waals surface area (Å²) >= 11 is 0. The first-order chi connectivity index (χ1) is 39.7. The number of carbonyl (C=O) groups is 2. The van der Waals surface area contributed by atoms with E-state index in [9.17, 15) is 35.1 Å². The van der Waals surface area contributed by atoms with Crippen molar-refractivity contribution in [3.63, 3.8) is 0 Å². The van der Waals surface area contributed by atoms with Gasteiger partial charge in [-0.1, -0.05) is 288 Å². The van der Waals surface area contributed by atoms with Gasteiger partial charge in [0, 0.05) is 12.8 Å². The minimum absolute atomic E-state index is 0.0112. The number of rotatable bonds is 61. The van der Waals surface area contributed by atoms with E-state index < -0.39 is 49.5 Å². The van der Waals surface area contributed by atoms with E-state index in [1.165, 1.54) is 257 Å². The van der Waals surface area contributed by atoms with Crippen LogP contribution in [0.4, 0.5) is 0 Å². The number of hydrogen-bond donors (Lipinski definition) is 6. The van der Waals surface area contributed by atoms with E-state index in [1.807, 2.05) is 6.08 Å². The van der Waals surface area contributed by atoms with Gasteiger partial charge in [0.05, 0.1) is 32.0 Å². The van der Waals surface area contributed by atoms with Crippen molar-refractivity contribution in [2.75, 3.05) is 19.8 Å². The van der Waals surface area contributed by atoms with Gasteiger partial charge in [-0.05, 0) is 70.6 Å². The van der Waals surface area contributed by atoms with Gasteiger partial charge in [0.25, 0.3) is 0 Å². The van der Waals surface area contributed by atoms with Gasteiger partial charge in [0.15, 0.2) is 6.29 Å². The van der Waals surface area contributed by atoms with Crippen LogP contribution in [-0.4, -0.2) is 100 Å². The summed E-state index contributed by atoms with van der Waals surface area (Å²) in [5.41, 5.74) is 0. The molecule has 1 fully saturated rings. The molecule has 1 rings (SSSR count). The normalized spacial score (nSPS) is 18.4. The van der Waals surface area contributed by atoms with Crippen LogP contribution in [0.2, 0.25) is 0 Å². The first-order valence-electron chi connectivity index (χ1n) is 34.8. The molecular weight excluding hydrogens is 1010 g/mol. The summed E-state index contributed by atoms with van der Waals surface area (Å²) < 4.78 is 16.7. The van der Waals surface area contributed by atoms with Crippen LogP contribution in [0.5, 0.6) is 0 Å². The number of aliphatic hydroxyl groups excluding tert-OH is 5. The lowest BCUT2D eigenvalue weighted by Crippen LogP contribution is -2.60. The van der Waals surface area contributed by atoms with Gasteiger partial charge in [0.2, 0.25) is 5.91 Å². The first-order valence-corrected chi connectivity index (χ1v) is 34.8. The van der Waals surface area contributed by atoms with Crippen LogP contribution in [0.3, 0.4) is 0 Å². The zero-order valence-electron chi connectivity index (χ0n) is 52.8. The first kappa shape index (κ1) is 76.9. The Morgan fingerprint density at radius 3 is 1.25 bits per heavy atom. The average molecular weight is 1150 g/mol.